The highest BCUT2D eigenvalue weighted by molar-refractivity contribution is 5.89. The van der Waals surface area contributed by atoms with Gasteiger partial charge < -0.3 is 14.2 Å². The Kier molecular flexibility index (Phi) is 2.87. The number of esters is 1. The molecule has 1 saturated heterocycles. The maximum absolute atomic E-state index is 11.2. The van der Waals surface area contributed by atoms with Gasteiger partial charge in [0, 0.05) is 0 Å². The smallest absolute Gasteiger partial charge is 0.337 e. The van der Waals surface area contributed by atoms with E-state index in [4.69, 9.17) is 9.47 Å². The Morgan fingerprint density at radius 1 is 1.60 bits per heavy atom. The number of hydrogen-bond acceptors (Lipinski definition) is 4. The number of hydrogen-bond donors (Lipinski definition) is 0. The van der Waals surface area contributed by atoms with E-state index in [1.165, 1.54) is 7.11 Å². The van der Waals surface area contributed by atoms with Crippen molar-refractivity contribution < 1.29 is 19.0 Å². The summed E-state index contributed by atoms with van der Waals surface area (Å²) in [5.74, 6) is 0.302. The Morgan fingerprint density at radius 2 is 2.40 bits per heavy atom. The molecular weight excluding hydrogens is 196 g/mol. The minimum Gasteiger partial charge on any atom is -0.491 e. The molecule has 1 heterocycles. The van der Waals surface area contributed by atoms with Gasteiger partial charge in [-0.1, -0.05) is 6.07 Å². The minimum absolute atomic E-state index is 0.215. The molecule has 0 aromatic heterocycles. The molecule has 0 aliphatic carbocycles. The van der Waals surface area contributed by atoms with E-state index in [1.54, 1.807) is 24.3 Å². The van der Waals surface area contributed by atoms with Crippen LogP contribution in [0.2, 0.25) is 0 Å². The molecule has 4 heteroatoms. The fourth-order valence-electron chi connectivity index (χ4n) is 1.18. The molecule has 0 bridgehead atoms. The number of methoxy groups -OCH3 is 1. The molecule has 1 aliphatic heterocycles. The van der Waals surface area contributed by atoms with Gasteiger partial charge in [-0.25, -0.2) is 4.79 Å². The molecule has 80 valence electrons. The number of benzene rings is 1. The van der Waals surface area contributed by atoms with Crippen molar-refractivity contribution in [2.75, 3.05) is 20.3 Å². The lowest BCUT2D eigenvalue weighted by molar-refractivity contribution is 0.0600. The zero-order chi connectivity index (χ0) is 10.7. The van der Waals surface area contributed by atoms with Crippen molar-refractivity contribution in [3.05, 3.63) is 29.8 Å². The van der Waals surface area contributed by atoms with Gasteiger partial charge in [0.2, 0.25) is 0 Å². The topological polar surface area (TPSA) is 48.1 Å². The zero-order valence-corrected chi connectivity index (χ0v) is 8.43. The minimum atomic E-state index is -0.358. The van der Waals surface area contributed by atoms with Crippen molar-refractivity contribution >= 4 is 5.97 Å². The maximum atomic E-state index is 11.2. The standard InChI is InChI=1S/C11H12O4/c1-13-11(12)8-3-2-4-9(5-8)14-6-10-7-15-10/h2-5,10H,6-7H2,1H3. The average molecular weight is 208 g/mol. The molecule has 1 fully saturated rings. The first kappa shape index (κ1) is 9.98. The molecule has 0 N–H and O–H groups in total. The Labute approximate surface area is 87.8 Å². The highest BCUT2D eigenvalue weighted by Crippen LogP contribution is 2.16. The summed E-state index contributed by atoms with van der Waals surface area (Å²) in [6, 6.07) is 6.91. The van der Waals surface area contributed by atoms with Crippen LogP contribution in [0.1, 0.15) is 10.4 Å². The van der Waals surface area contributed by atoms with Crippen LogP contribution in [0.15, 0.2) is 24.3 Å². The van der Waals surface area contributed by atoms with Crippen molar-refractivity contribution in [3.8, 4) is 5.75 Å². The lowest BCUT2D eigenvalue weighted by Crippen LogP contribution is -2.05. The maximum Gasteiger partial charge on any atom is 0.337 e. The highest BCUT2D eigenvalue weighted by atomic mass is 16.6. The van der Waals surface area contributed by atoms with E-state index < -0.39 is 0 Å². The second kappa shape index (κ2) is 4.31. The fourth-order valence-corrected chi connectivity index (χ4v) is 1.18. The predicted molar refractivity (Wildman–Crippen MR) is 53.0 cm³/mol. The molecule has 0 amide bonds. The van der Waals surface area contributed by atoms with Crippen LogP contribution in [0.5, 0.6) is 5.75 Å². The van der Waals surface area contributed by atoms with Gasteiger partial charge >= 0.3 is 5.97 Å². The van der Waals surface area contributed by atoms with Crippen molar-refractivity contribution in [1.82, 2.24) is 0 Å². The molecule has 1 aromatic carbocycles. The molecule has 15 heavy (non-hydrogen) atoms. The summed E-state index contributed by atoms with van der Waals surface area (Å²) in [5, 5.41) is 0. The SMILES string of the molecule is COC(=O)c1cccc(OCC2CO2)c1. The first-order valence-corrected chi connectivity index (χ1v) is 4.72. The number of ether oxygens (including phenoxy) is 3. The van der Waals surface area contributed by atoms with Crippen LogP contribution in [0.25, 0.3) is 0 Å². The van der Waals surface area contributed by atoms with Crippen LogP contribution in [0.3, 0.4) is 0 Å². The van der Waals surface area contributed by atoms with Gasteiger partial charge in [0.1, 0.15) is 18.5 Å². The van der Waals surface area contributed by atoms with Crippen LogP contribution in [0.4, 0.5) is 0 Å². The molecule has 0 saturated carbocycles. The van der Waals surface area contributed by atoms with Gasteiger partial charge in [0.05, 0.1) is 19.3 Å². The molecule has 1 aromatic rings. The van der Waals surface area contributed by atoms with Crippen LogP contribution in [0, 0.1) is 0 Å². The van der Waals surface area contributed by atoms with Gasteiger partial charge in [0.15, 0.2) is 0 Å². The van der Waals surface area contributed by atoms with E-state index in [0.717, 1.165) is 6.61 Å². The average Bonchev–Trinajstić information content (AvgIpc) is 3.09. The van der Waals surface area contributed by atoms with Crippen LogP contribution in [-0.2, 0) is 9.47 Å². The molecule has 1 aliphatic rings. The third kappa shape index (κ3) is 2.70. The number of epoxide rings is 1. The van der Waals surface area contributed by atoms with Crippen molar-refractivity contribution in [2.45, 2.75) is 6.10 Å². The van der Waals surface area contributed by atoms with E-state index in [1.807, 2.05) is 0 Å². The van der Waals surface area contributed by atoms with Crippen LogP contribution >= 0.6 is 0 Å². The lowest BCUT2D eigenvalue weighted by Gasteiger charge is -2.05. The lowest BCUT2D eigenvalue weighted by atomic mass is 10.2. The predicted octanol–water partition coefficient (Wildman–Crippen LogP) is 1.25. The van der Waals surface area contributed by atoms with Gasteiger partial charge in [-0.2, -0.15) is 0 Å². The summed E-state index contributed by atoms with van der Waals surface area (Å²) < 4.78 is 15.1. The van der Waals surface area contributed by atoms with Crippen molar-refractivity contribution in [3.63, 3.8) is 0 Å². The molecule has 2 rings (SSSR count). The summed E-state index contributed by atoms with van der Waals surface area (Å²) in [7, 11) is 1.36. The van der Waals surface area contributed by atoms with Gasteiger partial charge in [0.25, 0.3) is 0 Å². The van der Waals surface area contributed by atoms with Gasteiger partial charge in [-0.05, 0) is 18.2 Å². The Hall–Kier alpha value is -1.55. The third-order valence-corrected chi connectivity index (χ3v) is 2.09. The fraction of sp³-hybridized carbons (Fsp3) is 0.364. The first-order valence-electron chi connectivity index (χ1n) is 4.72. The largest absolute Gasteiger partial charge is 0.491 e. The van der Waals surface area contributed by atoms with E-state index in [0.29, 0.717) is 17.9 Å². The van der Waals surface area contributed by atoms with Crippen molar-refractivity contribution in [2.24, 2.45) is 0 Å². The molecule has 1 unspecified atom stereocenters. The third-order valence-electron chi connectivity index (χ3n) is 2.09. The Morgan fingerprint density at radius 3 is 3.07 bits per heavy atom. The monoisotopic (exact) mass is 208 g/mol. The number of carbonyl (C=O) groups is 1. The summed E-state index contributed by atoms with van der Waals surface area (Å²) in [6.07, 6.45) is 0.215. The summed E-state index contributed by atoms with van der Waals surface area (Å²) in [5.41, 5.74) is 0.492. The van der Waals surface area contributed by atoms with Gasteiger partial charge in [-0.15, -0.1) is 0 Å². The van der Waals surface area contributed by atoms with E-state index in [-0.39, 0.29) is 12.1 Å². The quantitative estimate of drug-likeness (QED) is 0.552. The van der Waals surface area contributed by atoms with Crippen LogP contribution in [-0.4, -0.2) is 32.4 Å². The van der Waals surface area contributed by atoms with E-state index in [9.17, 15) is 4.79 Å². The molecule has 4 nitrogen and oxygen atoms in total. The van der Waals surface area contributed by atoms with Crippen molar-refractivity contribution in [1.29, 1.82) is 0 Å². The Balaban J connectivity index is 2.00. The normalized spacial score (nSPS) is 18.3. The first-order chi connectivity index (χ1) is 7.29. The number of rotatable bonds is 4. The highest BCUT2D eigenvalue weighted by Gasteiger charge is 2.23. The molecule has 0 spiro atoms. The molecule has 1 atom stereocenters. The number of carbonyl (C=O) groups excluding carboxylic acids is 1. The van der Waals surface area contributed by atoms with Crippen LogP contribution < -0.4 is 4.74 Å². The zero-order valence-electron chi connectivity index (χ0n) is 8.43. The molecule has 0 radical (unpaired) electrons. The Bertz CT molecular complexity index is 357. The summed E-state index contributed by atoms with van der Waals surface area (Å²) in [4.78, 5) is 11.2. The second-order valence-corrected chi connectivity index (χ2v) is 3.29. The van der Waals surface area contributed by atoms with E-state index in [2.05, 4.69) is 4.74 Å². The van der Waals surface area contributed by atoms with Gasteiger partial charge in [-0.3, -0.25) is 0 Å². The second-order valence-electron chi connectivity index (χ2n) is 3.29. The molecular formula is C11H12O4. The summed E-state index contributed by atoms with van der Waals surface area (Å²) in [6.45, 7) is 1.29. The summed E-state index contributed by atoms with van der Waals surface area (Å²) >= 11 is 0. The van der Waals surface area contributed by atoms with E-state index >= 15 is 0 Å².